The van der Waals surface area contributed by atoms with E-state index in [1.54, 1.807) is 0 Å². The van der Waals surface area contributed by atoms with Crippen molar-refractivity contribution in [3.8, 4) is 0 Å². The van der Waals surface area contributed by atoms with Crippen LogP contribution in [0.4, 0.5) is 4.39 Å². The maximum absolute atomic E-state index is 12.9. The Labute approximate surface area is 82.4 Å². The summed E-state index contributed by atoms with van der Waals surface area (Å²) in [7, 11) is 6.15. The highest BCUT2D eigenvalue weighted by molar-refractivity contribution is 8.21. The van der Waals surface area contributed by atoms with Crippen LogP contribution in [0.5, 0.6) is 0 Å². The highest BCUT2D eigenvalue weighted by atomic mass is 35.7. The van der Waals surface area contributed by atoms with Crippen LogP contribution in [-0.4, -0.2) is 5.24 Å². The van der Waals surface area contributed by atoms with Gasteiger partial charge in [-0.2, -0.15) is 0 Å². The average molecular weight is 225 g/mol. The lowest BCUT2D eigenvalue weighted by Gasteiger charge is -2.00. The fourth-order valence-corrected chi connectivity index (χ4v) is 1.79. The number of benzene rings is 1. The summed E-state index contributed by atoms with van der Waals surface area (Å²) < 4.78 is 12.9. The first-order chi connectivity index (χ1) is 5.66. The zero-order chi connectivity index (χ0) is 9.14. The van der Waals surface area contributed by atoms with Crippen molar-refractivity contribution in [2.75, 3.05) is 0 Å². The first-order valence-electron chi connectivity index (χ1n) is 2.93. The van der Waals surface area contributed by atoms with Gasteiger partial charge in [0.25, 0.3) is 5.24 Å². The van der Waals surface area contributed by atoms with Crippen LogP contribution in [0.1, 0.15) is 10.4 Å². The average Bonchev–Trinajstić information content (AvgIpc) is 2.03. The van der Waals surface area contributed by atoms with E-state index in [0.717, 1.165) is 17.0 Å². The molecule has 1 aromatic carbocycles. The van der Waals surface area contributed by atoms with E-state index in [1.807, 2.05) is 0 Å². The van der Waals surface area contributed by atoms with Crippen LogP contribution in [0.3, 0.4) is 0 Å². The van der Waals surface area contributed by atoms with Crippen molar-refractivity contribution in [3.63, 3.8) is 0 Å². The molecular formula is C7H3Cl2FOS. The molecule has 0 aliphatic carbocycles. The number of rotatable bonds is 2. The molecule has 0 radical (unpaired) electrons. The minimum absolute atomic E-state index is 0.167. The van der Waals surface area contributed by atoms with E-state index in [2.05, 4.69) is 0 Å². The van der Waals surface area contributed by atoms with Crippen LogP contribution in [0, 0.1) is 5.82 Å². The molecule has 64 valence electrons. The molecule has 0 heterocycles. The minimum Gasteiger partial charge on any atom is -0.275 e. The first-order valence-corrected chi connectivity index (χ1v) is 4.96. The quantitative estimate of drug-likeness (QED) is 0.717. The molecule has 0 N–H and O–H groups in total. The third-order valence-corrected chi connectivity index (χ3v) is 2.45. The summed E-state index contributed by atoms with van der Waals surface area (Å²) in [6.07, 6.45) is 0. The molecular weight excluding hydrogens is 222 g/mol. The second kappa shape index (κ2) is 4.12. The van der Waals surface area contributed by atoms with Crippen LogP contribution >= 0.6 is 33.3 Å². The summed E-state index contributed by atoms with van der Waals surface area (Å²) in [4.78, 5) is 11.0. The monoisotopic (exact) mass is 224 g/mol. The summed E-state index contributed by atoms with van der Waals surface area (Å²) in [5.41, 5.74) is -0.167. The topological polar surface area (TPSA) is 17.1 Å². The lowest BCUT2D eigenvalue weighted by atomic mass is 10.2. The molecule has 0 aliphatic rings. The SMILES string of the molecule is O=C(Cl)c1c(F)cccc1SCl. The van der Waals surface area contributed by atoms with Gasteiger partial charge in [0.2, 0.25) is 0 Å². The van der Waals surface area contributed by atoms with E-state index >= 15 is 0 Å². The zero-order valence-corrected chi connectivity index (χ0v) is 8.01. The standard InChI is InChI=1S/C7H3Cl2FOS/c8-7(11)6-4(10)2-1-3-5(6)12-9/h1-3H. The Morgan fingerprint density at radius 1 is 1.50 bits per heavy atom. The van der Waals surface area contributed by atoms with Gasteiger partial charge >= 0.3 is 0 Å². The summed E-state index contributed by atoms with van der Waals surface area (Å²) in [5, 5.41) is -0.837. The van der Waals surface area contributed by atoms with Gasteiger partial charge in [-0.05, 0) is 45.4 Å². The molecule has 0 saturated heterocycles. The Hall–Kier alpha value is -0.250. The number of carbonyl (C=O) groups excluding carboxylic acids is 1. The van der Waals surface area contributed by atoms with E-state index in [1.165, 1.54) is 12.1 Å². The van der Waals surface area contributed by atoms with Gasteiger partial charge in [-0.15, -0.1) is 0 Å². The van der Waals surface area contributed by atoms with Gasteiger partial charge < -0.3 is 0 Å². The second-order valence-electron chi connectivity index (χ2n) is 1.96. The van der Waals surface area contributed by atoms with Crippen molar-refractivity contribution < 1.29 is 9.18 Å². The fourth-order valence-electron chi connectivity index (χ4n) is 0.759. The van der Waals surface area contributed by atoms with Gasteiger partial charge in [0.05, 0.1) is 5.56 Å². The Kier molecular flexibility index (Phi) is 3.38. The lowest BCUT2D eigenvalue weighted by molar-refractivity contribution is 0.107. The van der Waals surface area contributed by atoms with Gasteiger partial charge in [-0.1, -0.05) is 6.07 Å². The zero-order valence-electron chi connectivity index (χ0n) is 5.68. The van der Waals surface area contributed by atoms with Crippen LogP contribution in [0.25, 0.3) is 0 Å². The summed E-state index contributed by atoms with van der Waals surface area (Å²) in [6.45, 7) is 0. The lowest BCUT2D eigenvalue weighted by Crippen LogP contribution is -1.96. The molecule has 0 fully saturated rings. The first kappa shape index (κ1) is 9.84. The number of hydrogen-bond donors (Lipinski definition) is 0. The predicted molar refractivity (Wildman–Crippen MR) is 48.3 cm³/mol. The Morgan fingerprint density at radius 2 is 2.17 bits per heavy atom. The van der Waals surface area contributed by atoms with Crippen LogP contribution < -0.4 is 0 Å². The van der Waals surface area contributed by atoms with Gasteiger partial charge in [-0.3, -0.25) is 4.79 Å². The molecule has 0 amide bonds. The van der Waals surface area contributed by atoms with Crippen molar-refractivity contribution in [2.45, 2.75) is 4.90 Å². The van der Waals surface area contributed by atoms with Crippen LogP contribution in [0.15, 0.2) is 23.1 Å². The second-order valence-corrected chi connectivity index (χ2v) is 3.36. The summed E-state index contributed by atoms with van der Waals surface area (Å²) in [6, 6.07) is 4.14. The number of carbonyl (C=O) groups is 1. The van der Waals surface area contributed by atoms with Gasteiger partial charge in [0, 0.05) is 4.90 Å². The van der Waals surface area contributed by atoms with Gasteiger partial charge in [0.15, 0.2) is 0 Å². The molecule has 0 aromatic heterocycles. The highest BCUT2D eigenvalue weighted by Crippen LogP contribution is 2.28. The molecule has 0 saturated carbocycles. The van der Waals surface area contributed by atoms with Crippen LogP contribution in [-0.2, 0) is 0 Å². The molecule has 12 heavy (non-hydrogen) atoms. The Bertz CT molecular complexity index is 316. The maximum atomic E-state index is 12.9. The molecule has 1 aromatic rings. The highest BCUT2D eigenvalue weighted by Gasteiger charge is 2.13. The van der Waals surface area contributed by atoms with Gasteiger partial charge in [-0.25, -0.2) is 4.39 Å². The summed E-state index contributed by atoms with van der Waals surface area (Å²) in [5.74, 6) is -0.652. The van der Waals surface area contributed by atoms with E-state index in [4.69, 9.17) is 22.3 Å². The largest absolute Gasteiger partial charge is 0.275 e. The van der Waals surface area contributed by atoms with Crippen molar-refractivity contribution in [1.82, 2.24) is 0 Å². The molecule has 0 atom stereocenters. The Morgan fingerprint density at radius 3 is 2.58 bits per heavy atom. The molecule has 0 bridgehead atoms. The van der Waals surface area contributed by atoms with E-state index in [-0.39, 0.29) is 5.56 Å². The summed E-state index contributed by atoms with van der Waals surface area (Å²) >= 11 is 5.14. The minimum atomic E-state index is -0.837. The molecule has 0 aliphatic heterocycles. The molecule has 1 nitrogen and oxygen atoms in total. The van der Waals surface area contributed by atoms with Gasteiger partial charge in [0.1, 0.15) is 5.82 Å². The third kappa shape index (κ3) is 1.91. The smallest absolute Gasteiger partial charge is 0.256 e. The number of halogens is 3. The normalized spacial score (nSPS) is 9.92. The predicted octanol–water partition coefficient (Wildman–Crippen LogP) is 3.45. The Balaban J connectivity index is 3.29. The number of hydrogen-bond acceptors (Lipinski definition) is 2. The van der Waals surface area contributed by atoms with Crippen molar-refractivity contribution in [1.29, 1.82) is 0 Å². The van der Waals surface area contributed by atoms with Crippen molar-refractivity contribution in [3.05, 3.63) is 29.6 Å². The van der Waals surface area contributed by atoms with E-state index < -0.39 is 11.1 Å². The van der Waals surface area contributed by atoms with E-state index in [0.29, 0.717) is 4.90 Å². The van der Waals surface area contributed by atoms with Crippen LogP contribution in [0.2, 0.25) is 0 Å². The molecule has 0 spiro atoms. The fraction of sp³-hybridized carbons (Fsp3) is 0. The van der Waals surface area contributed by atoms with E-state index in [9.17, 15) is 9.18 Å². The maximum Gasteiger partial charge on any atom is 0.256 e. The van der Waals surface area contributed by atoms with Crippen molar-refractivity contribution >= 4 is 38.5 Å². The molecule has 0 unspecified atom stereocenters. The third-order valence-electron chi connectivity index (χ3n) is 1.26. The molecule has 1 rings (SSSR count). The molecule has 5 heteroatoms. The van der Waals surface area contributed by atoms with Crippen molar-refractivity contribution in [2.24, 2.45) is 0 Å².